The lowest BCUT2D eigenvalue weighted by Gasteiger charge is -2.40. The Morgan fingerprint density at radius 3 is 2.06 bits per heavy atom. The molecule has 0 aromatic carbocycles. The van der Waals surface area contributed by atoms with Gasteiger partial charge in [0.05, 0.1) is 18.6 Å². The molecule has 0 N–H and O–H groups in total. The molecule has 0 aliphatic heterocycles. The largest absolute Gasteiger partial charge is 0.465 e. The molecular weight excluding hydrogens is 236 g/mol. The third-order valence-corrected chi connectivity index (χ3v) is 3.21. The number of esters is 2. The summed E-state index contributed by atoms with van der Waals surface area (Å²) in [7, 11) is 0. The van der Waals surface area contributed by atoms with Crippen molar-refractivity contribution in [2.45, 2.75) is 26.7 Å². The van der Waals surface area contributed by atoms with Crippen LogP contribution in [-0.2, 0) is 23.9 Å². The summed E-state index contributed by atoms with van der Waals surface area (Å²) in [5.74, 6) is -2.83. The van der Waals surface area contributed by atoms with E-state index in [2.05, 4.69) is 6.58 Å². The number of carbonyl (C=O) groups excluding carboxylic acids is 3. The van der Waals surface area contributed by atoms with E-state index in [9.17, 15) is 14.4 Å². The van der Waals surface area contributed by atoms with Gasteiger partial charge in [-0.15, -0.1) is 6.58 Å². The van der Waals surface area contributed by atoms with Crippen molar-refractivity contribution in [2.75, 3.05) is 13.2 Å². The number of carbonyl (C=O) groups is 3. The zero-order valence-corrected chi connectivity index (χ0v) is 10.7. The lowest BCUT2D eigenvalue weighted by Crippen LogP contribution is -2.52. The molecule has 0 radical (unpaired) electrons. The fourth-order valence-corrected chi connectivity index (χ4v) is 2.12. The molecule has 1 aliphatic carbocycles. The smallest absolute Gasteiger partial charge is 0.321 e. The van der Waals surface area contributed by atoms with Gasteiger partial charge in [0, 0.05) is 6.42 Å². The summed E-state index contributed by atoms with van der Waals surface area (Å²) in [4.78, 5) is 35.5. The topological polar surface area (TPSA) is 69.7 Å². The van der Waals surface area contributed by atoms with Crippen LogP contribution in [0.25, 0.3) is 0 Å². The van der Waals surface area contributed by atoms with Crippen LogP contribution in [0.1, 0.15) is 26.7 Å². The van der Waals surface area contributed by atoms with Crippen LogP contribution in [0.15, 0.2) is 12.7 Å². The molecule has 1 fully saturated rings. The van der Waals surface area contributed by atoms with E-state index in [1.807, 2.05) is 0 Å². The number of hydrogen-bond donors (Lipinski definition) is 0. The van der Waals surface area contributed by atoms with Crippen molar-refractivity contribution in [3.8, 4) is 0 Å². The summed E-state index contributed by atoms with van der Waals surface area (Å²) < 4.78 is 9.73. The number of ketones is 1. The summed E-state index contributed by atoms with van der Waals surface area (Å²) in [5.41, 5.74) is -1.14. The van der Waals surface area contributed by atoms with Gasteiger partial charge in [-0.25, -0.2) is 0 Å². The molecule has 1 unspecified atom stereocenters. The van der Waals surface area contributed by atoms with E-state index in [4.69, 9.17) is 9.47 Å². The maximum absolute atomic E-state index is 11.9. The molecule has 0 spiro atoms. The van der Waals surface area contributed by atoms with Crippen LogP contribution in [-0.4, -0.2) is 30.9 Å². The standard InChI is InChI=1S/C13H18O5/c1-4-13(8-7-9(13)14)10(11(15)17-5-2)12(16)18-6-3/h4,10H,1,5-8H2,2-3H3. The van der Waals surface area contributed by atoms with E-state index in [1.54, 1.807) is 13.8 Å². The van der Waals surface area contributed by atoms with Gasteiger partial charge in [-0.2, -0.15) is 0 Å². The Kier molecular flexibility index (Phi) is 4.64. The number of hydrogen-bond acceptors (Lipinski definition) is 5. The maximum atomic E-state index is 11.9. The van der Waals surface area contributed by atoms with E-state index in [0.29, 0.717) is 12.8 Å². The normalized spacial score (nSPS) is 22.3. The quantitative estimate of drug-likeness (QED) is 0.405. The molecule has 0 aromatic rings. The van der Waals surface area contributed by atoms with E-state index in [1.165, 1.54) is 6.08 Å². The Morgan fingerprint density at radius 1 is 1.33 bits per heavy atom. The highest BCUT2D eigenvalue weighted by Crippen LogP contribution is 2.46. The lowest BCUT2D eigenvalue weighted by atomic mass is 9.60. The minimum absolute atomic E-state index is 0.149. The van der Waals surface area contributed by atoms with Crippen molar-refractivity contribution >= 4 is 17.7 Å². The van der Waals surface area contributed by atoms with Gasteiger partial charge in [-0.05, 0) is 20.3 Å². The van der Waals surface area contributed by atoms with Crippen molar-refractivity contribution in [1.29, 1.82) is 0 Å². The van der Waals surface area contributed by atoms with Crippen molar-refractivity contribution in [3.05, 3.63) is 12.7 Å². The van der Waals surface area contributed by atoms with Gasteiger partial charge in [-0.1, -0.05) is 6.08 Å². The van der Waals surface area contributed by atoms with Crippen LogP contribution in [0, 0.1) is 11.3 Å². The maximum Gasteiger partial charge on any atom is 0.321 e. The van der Waals surface area contributed by atoms with Crippen LogP contribution >= 0.6 is 0 Å². The molecule has 0 aromatic heterocycles. The van der Waals surface area contributed by atoms with E-state index in [0.717, 1.165) is 0 Å². The van der Waals surface area contributed by atoms with Crippen molar-refractivity contribution in [2.24, 2.45) is 11.3 Å². The van der Waals surface area contributed by atoms with Crippen LogP contribution in [0.4, 0.5) is 0 Å². The molecule has 1 aliphatic rings. The summed E-state index contributed by atoms with van der Waals surface area (Å²) >= 11 is 0. The fourth-order valence-electron chi connectivity index (χ4n) is 2.12. The first-order valence-corrected chi connectivity index (χ1v) is 6.03. The number of ether oxygens (including phenoxy) is 2. The molecule has 1 saturated carbocycles. The predicted octanol–water partition coefficient (Wildman–Crippen LogP) is 1.26. The van der Waals surface area contributed by atoms with E-state index < -0.39 is 23.3 Å². The minimum Gasteiger partial charge on any atom is -0.465 e. The van der Waals surface area contributed by atoms with E-state index in [-0.39, 0.29) is 19.0 Å². The zero-order valence-electron chi connectivity index (χ0n) is 10.7. The molecule has 0 saturated heterocycles. The molecule has 100 valence electrons. The second-order valence-corrected chi connectivity index (χ2v) is 4.10. The molecule has 0 heterocycles. The van der Waals surface area contributed by atoms with Gasteiger partial charge in [0.15, 0.2) is 5.92 Å². The second-order valence-electron chi connectivity index (χ2n) is 4.10. The molecule has 1 atom stereocenters. The van der Waals surface area contributed by atoms with Crippen LogP contribution < -0.4 is 0 Å². The van der Waals surface area contributed by atoms with Crippen molar-refractivity contribution < 1.29 is 23.9 Å². The SMILES string of the molecule is C=CC1(C(C(=O)OCC)C(=O)OCC)CCC1=O. The molecule has 5 nitrogen and oxygen atoms in total. The molecule has 18 heavy (non-hydrogen) atoms. The Balaban J connectivity index is 3.03. The summed E-state index contributed by atoms with van der Waals surface area (Å²) in [5, 5.41) is 0. The highest BCUT2D eigenvalue weighted by atomic mass is 16.6. The molecule has 0 bridgehead atoms. The molecule has 1 rings (SSSR count). The van der Waals surface area contributed by atoms with Crippen molar-refractivity contribution in [1.82, 2.24) is 0 Å². The fraction of sp³-hybridized carbons (Fsp3) is 0.615. The zero-order chi connectivity index (χ0) is 13.8. The van der Waals surface area contributed by atoms with Gasteiger partial charge < -0.3 is 9.47 Å². The first kappa shape index (κ1) is 14.4. The third-order valence-electron chi connectivity index (χ3n) is 3.21. The Morgan fingerprint density at radius 2 is 1.83 bits per heavy atom. The van der Waals surface area contributed by atoms with Gasteiger partial charge in [0.2, 0.25) is 0 Å². The first-order valence-electron chi connectivity index (χ1n) is 6.03. The van der Waals surface area contributed by atoms with Gasteiger partial charge in [0.1, 0.15) is 5.78 Å². The Bertz CT molecular complexity index is 356. The summed E-state index contributed by atoms with van der Waals surface area (Å²) in [6, 6.07) is 0. The Labute approximate surface area is 106 Å². The molecule has 0 amide bonds. The monoisotopic (exact) mass is 254 g/mol. The third kappa shape index (κ3) is 2.30. The average molecular weight is 254 g/mol. The van der Waals surface area contributed by atoms with Crippen molar-refractivity contribution in [3.63, 3.8) is 0 Å². The van der Waals surface area contributed by atoms with Gasteiger partial charge >= 0.3 is 11.9 Å². The highest BCUT2D eigenvalue weighted by molar-refractivity contribution is 6.06. The molecular formula is C13H18O5. The van der Waals surface area contributed by atoms with Gasteiger partial charge in [-0.3, -0.25) is 14.4 Å². The van der Waals surface area contributed by atoms with Crippen LogP contribution in [0.2, 0.25) is 0 Å². The number of allylic oxidation sites excluding steroid dienone is 1. The minimum atomic E-state index is -1.23. The predicted molar refractivity (Wildman–Crippen MR) is 63.6 cm³/mol. The van der Waals surface area contributed by atoms with Gasteiger partial charge in [0.25, 0.3) is 0 Å². The number of rotatable bonds is 6. The van der Waals surface area contributed by atoms with Crippen LogP contribution in [0.5, 0.6) is 0 Å². The lowest BCUT2D eigenvalue weighted by molar-refractivity contribution is -0.173. The van der Waals surface area contributed by atoms with Crippen LogP contribution in [0.3, 0.4) is 0 Å². The second kappa shape index (κ2) is 5.80. The first-order chi connectivity index (χ1) is 8.53. The number of Topliss-reactive ketones (excluding diaryl/α,β-unsaturated/α-hetero) is 1. The Hall–Kier alpha value is -1.65. The van der Waals surface area contributed by atoms with E-state index >= 15 is 0 Å². The molecule has 5 heteroatoms. The highest BCUT2D eigenvalue weighted by Gasteiger charge is 2.57. The summed E-state index contributed by atoms with van der Waals surface area (Å²) in [6.07, 6.45) is 2.15. The summed E-state index contributed by atoms with van der Waals surface area (Å²) in [6.45, 7) is 7.16. The average Bonchev–Trinajstić information content (AvgIpc) is 2.34.